The fourth-order valence-electron chi connectivity index (χ4n) is 1.43. The molecule has 0 aliphatic heterocycles. The number of hydrogen-bond donors (Lipinski definition) is 2. The molecule has 0 unspecified atom stereocenters. The summed E-state index contributed by atoms with van der Waals surface area (Å²) in [6.45, 7) is 2.00. The molecule has 7 nitrogen and oxygen atoms in total. The zero-order valence-corrected chi connectivity index (χ0v) is 11.5. The Balaban J connectivity index is 2.15. The van der Waals surface area contributed by atoms with Crippen molar-refractivity contribution in [2.75, 3.05) is 5.73 Å². The third-order valence-corrected chi connectivity index (χ3v) is 4.46. The molecule has 0 saturated carbocycles. The van der Waals surface area contributed by atoms with E-state index in [4.69, 9.17) is 5.73 Å². The zero-order valence-electron chi connectivity index (χ0n) is 9.91. The van der Waals surface area contributed by atoms with E-state index in [1.54, 1.807) is 7.05 Å². The molecule has 0 saturated heterocycles. The minimum Gasteiger partial charge on any atom is -0.381 e. The van der Waals surface area contributed by atoms with Crippen LogP contribution in [0.3, 0.4) is 0 Å². The van der Waals surface area contributed by atoms with Crippen LogP contribution in [0.4, 0.5) is 5.82 Å². The van der Waals surface area contributed by atoms with Gasteiger partial charge in [0.2, 0.25) is 10.0 Å². The quantitative estimate of drug-likeness (QED) is 0.839. The van der Waals surface area contributed by atoms with Gasteiger partial charge in [-0.15, -0.1) is 11.3 Å². The van der Waals surface area contributed by atoms with Crippen LogP contribution < -0.4 is 10.5 Å². The molecule has 2 heterocycles. The number of nitrogens with one attached hydrogen (secondary N) is 1. The van der Waals surface area contributed by atoms with Gasteiger partial charge in [-0.25, -0.2) is 18.1 Å². The molecule has 0 bridgehead atoms. The maximum atomic E-state index is 12.0. The summed E-state index contributed by atoms with van der Waals surface area (Å²) in [5.74, 6) is -0.0144. The molecule has 3 N–H and O–H groups in total. The van der Waals surface area contributed by atoms with Crippen molar-refractivity contribution in [2.24, 2.45) is 7.05 Å². The summed E-state index contributed by atoms with van der Waals surface area (Å²) in [6.07, 6.45) is 1.37. The SMILES string of the molecule is Cc1nc(CNS(=O)(=O)c2cn(C)nc2N)cs1. The van der Waals surface area contributed by atoms with Crippen molar-refractivity contribution in [1.29, 1.82) is 0 Å². The van der Waals surface area contributed by atoms with Crippen LogP contribution in [-0.4, -0.2) is 23.2 Å². The highest BCUT2D eigenvalue weighted by atomic mass is 32.2. The minimum absolute atomic E-state index is 0.0144. The molecule has 0 aromatic carbocycles. The molecular weight excluding hydrogens is 274 g/mol. The number of hydrogen-bond acceptors (Lipinski definition) is 6. The van der Waals surface area contributed by atoms with Gasteiger partial charge in [0.1, 0.15) is 4.90 Å². The number of aryl methyl sites for hydroxylation is 2. The van der Waals surface area contributed by atoms with E-state index < -0.39 is 10.0 Å². The van der Waals surface area contributed by atoms with Crippen molar-refractivity contribution in [3.63, 3.8) is 0 Å². The largest absolute Gasteiger partial charge is 0.381 e. The van der Waals surface area contributed by atoms with Crippen LogP contribution >= 0.6 is 11.3 Å². The van der Waals surface area contributed by atoms with Crippen LogP contribution in [0.25, 0.3) is 0 Å². The Morgan fingerprint density at radius 3 is 2.78 bits per heavy atom. The molecule has 9 heteroatoms. The standard InChI is InChI=1S/C9H13N5O2S2/c1-6-12-7(5-17-6)3-11-18(15,16)8-4-14(2)13-9(8)10/h4-5,11H,3H2,1-2H3,(H2,10,13). The second kappa shape index (κ2) is 4.67. The zero-order chi connectivity index (χ0) is 13.3. The molecule has 98 valence electrons. The van der Waals surface area contributed by atoms with Crippen LogP contribution in [-0.2, 0) is 23.6 Å². The first-order valence-electron chi connectivity index (χ1n) is 5.08. The normalized spacial score (nSPS) is 11.9. The molecule has 0 aliphatic carbocycles. The highest BCUT2D eigenvalue weighted by molar-refractivity contribution is 7.89. The molecule has 0 amide bonds. The summed E-state index contributed by atoms with van der Waals surface area (Å²) in [4.78, 5) is 4.16. The average molecular weight is 287 g/mol. The van der Waals surface area contributed by atoms with Crippen LogP contribution in [0.5, 0.6) is 0 Å². The fourth-order valence-corrected chi connectivity index (χ4v) is 3.14. The summed E-state index contributed by atoms with van der Waals surface area (Å²) in [6, 6.07) is 0. The van der Waals surface area contributed by atoms with Gasteiger partial charge >= 0.3 is 0 Å². The second-order valence-corrected chi connectivity index (χ2v) is 6.53. The van der Waals surface area contributed by atoms with Crippen molar-refractivity contribution < 1.29 is 8.42 Å². The second-order valence-electron chi connectivity index (χ2n) is 3.73. The van der Waals surface area contributed by atoms with Crippen molar-refractivity contribution >= 4 is 27.2 Å². The minimum atomic E-state index is -3.65. The number of rotatable bonds is 4. The Labute approximate surface area is 109 Å². The van der Waals surface area contributed by atoms with Gasteiger partial charge in [0.05, 0.1) is 17.2 Å². The number of thiazole rings is 1. The Hall–Kier alpha value is -1.45. The monoisotopic (exact) mass is 287 g/mol. The molecule has 0 fully saturated rings. The number of nitrogen functional groups attached to an aromatic ring is 1. The molecule has 2 rings (SSSR count). The van der Waals surface area contributed by atoms with Crippen molar-refractivity contribution in [3.05, 3.63) is 22.3 Å². The maximum Gasteiger partial charge on any atom is 0.246 e. The molecule has 2 aromatic heterocycles. The number of nitrogens with two attached hydrogens (primary N) is 1. The lowest BCUT2D eigenvalue weighted by Crippen LogP contribution is -2.23. The number of anilines is 1. The van der Waals surface area contributed by atoms with E-state index in [0.29, 0.717) is 5.69 Å². The van der Waals surface area contributed by atoms with Crippen molar-refractivity contribution in [3.8, 4) is 0 Å². The summed E-state index contributed by atoms with van der Waals surface area (Å²) >= 11 is 1.47. The first kappa shape index (κ1) is 13.0. The lowest BCUT2D eigenvalue weighted by Gasteiger charge is -2.03. The average Bonchev–Trinajstić information content (AvgIpc) is 2.82. The Morgan fingerprint density at radius 2 is 2.28 bits per heavy atom. The van der Waals surface area contributed by atoms with Gasteiger partial charge in [0, 0.05) is 18.6 Å². The fraction of sp³-hybridized carbons (Fsp3) is 0.333. The molecule has 18 heavy (non-hydrogen) atoms. The maximum absolute atomic E-state index is 12.0. The van der Waals surface area contributed by atoms with Crippen molar-refractivity contribution in [2.45, 2.75) is 18.4 Å². The Kier molecular flexibility index (Phi) is 3.37. The summed E-state index contributed by atoms with van der Waals surface area (Å²) in [7, 11) is -2.04. The highest BCUT2D eigenvalue weighted by Crippen LogP contribution is 2.16. The lowest BCUT2D eigenvalue weighted by molar-refractivity contribution is 0.580. The van der Waals surface area contributed by atoms with Gasteiger partial charge in [0.25, 0.3) is 0 Å². The van der Waals surface area contributed by atoms with Crippen LogP contribution in [0.2, 0.25) is 0 Å². The smallest absolute Gasteiger partial charge is 0.246 e. The van der Waals surface area contributed by atoms with Gasteiger partial charge < -0.3 is 5.73 Å². The van der Waals surface area contributed by atoms with Gasteiger partial charge in [-0.05, 0) is 6.92 Å². The number of nitrogens with zero attached hydrogens (tertiary/aromatic N) is 3. The predicted molar refractivity (Wildman–Crippen MR) is 68.5 cm³/mol. The van der Waals surface area contributed by atoms with Gasteiger partial charge in [-0.2, -0.15) is 5.10 Å². The Bertz CT molecular complexity index is 658. The molecule has 0 aliphatic rings. The molecule has 0 radical (unpaired) electrons. The van der Waals surface area contributed by atoms with E-state index in [9.17, 15) is 8.42 Å². The number of aromatic nitrogens is 3. The molecule has 0 atom stereocenters. The molecule has 0 spiro atoms. The highest BCUT2D eigenvalue weighted by Gasteiger charge is 2.20. The van der Waals surface area contributed by atoms with E-state index in [1.165, 1.54) is 22.2 Å². The van der Waals surface area contributed by atoms with E-state index in [2.05, 4.69) is 14.8 Å². The van der Waals surface area contributed by atoms with Crippen LogP contribution in [0.1, 0.15) is 10.7 Å². The van der Waals surface area contributed by atoms with E-state index >= 15 is 0 Å². The summed E-state index contributed by atoms with van der Waals surface area (Å²) in [5, 5.41) is 6.50. The van der Waals surface area contributed by atoms with Crippen molar-refractivity contribution in [1.82, 2.24) is 19.5 Å². The summed E-state index contributed by atoms with van der Waals surface area (Å²) < 4.78 is 27.8. The lowest BCUT2D eigenvalue weighted by atomic mass is 10.5. The van der Waals surface area contributed by atoms with Crippen LogP contribution in [0.15, 0.2) is 16.5 Å². The molecule has 2 aromatic rings. The van der Waals surface area contributed by atoms with Gasteiger partial charge in [-0.1, -0.05) is 0 Å². The Morgan fingerprint density at radius 1 is 1.56 bits per heavy atom. The summed E-state index contributed by atoms with van der Waals surface area (Å²) in [5.41, 5.74) is 6.22. The first-order valence-corrected chi connectivity index (χ1v) is 7.44. The third kappa shape index (κ3) is 2.68. The third-order valence-electron chi connectivity index (χ3n) is 2.22. The molecular formula is C9H13N5O2S2. The topological polar surface area (TPSA) is 103 Å². The van der Waals surface area contributed by atoms with Crippen LogP contribution in [0, 0.1) is 6.92 Å². The van der Waals surface area contributed by atoms with Gasteiger partial charge in [0.15, 0.2) is 5.82 Å². The number of sulfonamides is 1. The van der Waals surface area contributed by atoms with E-state index in [0.717, 1.165) is 5.01 Å². The van der Waals surface area contributed by atoms with E-state index in [1.807, 2.05) is 12.3 Å². The van der Waals surface area contributed by atoms with Gasteiger partial charge in [-0.3, -0.25) is 4.68 Å². The predicted octanol–water partition coefficient (Wildman–Crippen LogP) is 0.246. The first-order chi connectivity index (χ1) is 8.38. The van der Waals surface area contributed by atoms with E-state index in [-0.39, 0.29) is 17.3 Å².